The highest BCUT2D eigenvalue weighted by Gasteiger charge is 2.67. The lowest BCUT2D eigenvalue weighted by molar-refractivity contribution is -0.154. The molecule has 2 saturated heterocycles. The smallest absolute Gasteiger partial charge is 0.355 e. The summed E-state index contributed by atoms with van der Waals surface area (Å²) in [5.74, 6) is -0.801. The number of ether oxygens (including phenoxy) is 3. The van der Waals surface area contributed by atoms with Crippen molar-refractivity contribution in [3.63, 3.8) is 0 Å². The first kappa shape index (κ1) is 23.9. The molecule has 1 N–H and O–H groups in total. The number of hydrogen-bond acceptors (Lipinski definition) is 7. The van der Waals surface area contributed by atoms with Crippen molar-refractivity contribution < 1.29 is 32.8 Å². The Bertz CT molecular complexity index is 1310. The molecule has 9 nitrogen and oxygen atoms in total. The molecule has 2 aromatic rings. The minimum atomic E-state index is -1.54. The zero-order valence-corrected chi connectivity index (χ0v) is 20.9. The van der Waals surface area contributed by atoms with Crippen LogP contribution in [0.1, 0.15) is 17.5 Å². The van der Waals surface area contributed by atoms with Crippen LogP contribution in [0.2, 0.25) is 0 Å². The van der Waals surface area contributed by atoms with Crippen LogP contribution in [0.25, 0.3) is 0 Å². The normalized spacial score (nSPS) is 29.3. The first-order chi connectivity index (χ1) is 18.0. The monoisotopic (exact) mass is 522 g/mol. The summed E-state index contributed by atoms with van der Waals surface area (Å²) in [7, 11) is 0.0365. The Labute approximate surface area is 216 Å². The standard InChI is InChI=1S/C27H26N2O7S/c1-34-17-9-7-16(8-10-17)14-36-27(32)22-20-18-11-12-35-23(18)24(20)37(33)26-21(25(31)29(22)26)28-19(30)13-15-5-3-2-4-6-15/h2-10,18,21,23-24,26H,11-14H2,1H3,(H,28,30)/t18-,21+,23-,24+,26+,37-/m0/s1. The molecule has 1 aliphatic carbocycles. The van der Waals surface area contributed by atoms with Crippen molar-refractivity contribution >= 4 is 28.6 Å². The van der Waals surface area contributed by atoms with Gasteiger partial charge in [0, 0.05) is 12.5 Å². The minimum absolute atomic E-state index is 0.0158. The van der Waals surface area contributed by atoms with E-state index in [4.69, 9.17) is 14.2 Å². The molecule has 3 heterocycles. The van der Waals surface area contributed by atoms with E-state index in [9.17, 15) is 18.6 Å². The Hall–Kier alpha value is -3.50. The maximum atomic E-state index is 13.6. The van der Waals surface area contributed by atoms with Gasteiger partial charge in [-0.25, -0.2) is 4.79 Å². The summed E-state index contributed by atoms with van der Waals surface area (Å²) in [5, 5.41) is 1.42. The maximum absolute atomic E-state index is 13.6. The van der Waals surface area contributed by atoms with Gasteiger partial charge in [0.2, 0.25) is 5.91 Å². The molecular formula is C27H26N2O7S. The summed E-state index contributed by atoms with van der Waals surface area (Å²) in [6.45, 7) is 0.526. The highest BCUT2D eigenvalue weighted by Crippen LogP contribution is 2.54. The van der Waals surface area contributed by atoms with Gasteiger partial charge in [-0.05, 0) is 35.3 Å². The van der Waals surface area contributed by atoms with Crippen LogP contribution in [0.5, 0.6) is 5.75 Å². The number of hydrogen-bond donors (Lipinski definition) is 1. The quantitative estimate of drug-likeness (QED) is 0.433. The van der Waals surface area contributed by atoms with E-state index in [1.165, 1.54) is 4.90 Å². The number of fused-ring (bicyclic) bond motifs is 5. The maximum Gasteiger partial charge on any atom is 0.355 e. The number of methoxy groups -OCH3 is 1. The van der Waals surface area contributed by atoms with Gasteiger partial charge in [0.25, 0.3) is 5.91 Å². The number of carbonyl (C=O) groups excluding carboxylic acids is 3. The Morgan fingerprint density at radius 3 is 2.59 bits per heavy atom. The second-order valence-electron chi connectivity index (χ2n) is 9.51. The van der Waals surface area contributed by atoms with E-state index < -0.39 is 39.3 Å². The number of rotatable bonds is 7. The van der Waals surface area contributed by atoms with Crippen molar-refractivity contribution in [2.45, 2.75) is 42.2 Å². The number of β-lactam (4-membered cyclic amide) rings is 1. The van der Waals surface area contributed by atoms with Gasteiger partial charge in [0.1, 0.15) is 29.5 Å². The molecule has 6 atom stereocenters. The average Bonchev–Trinajstić information content (AvgIpc) is 3.31. The van der Waals surface area contributed by atoms with Crippen LogP contribution < -0.4 is 10.1 Å². The number of amides is 2. The fourth-order valence-electron chi connectivity index (χ4n) is 5.60. The van der Waals surface area contributed by atoms with Crippen LogP contribution >= 0.6 is 0 Å². The number of carbonyl (C=O) groups is 3. The molecule has 0 bridgehead atoms. The third kappa shape index (κ3) is 3.95. The van der Waals surface area contributed by atoms with E-state index >= 15 is 0 Å². The Morgan fingerprint density at radius 2 is 1.86 bits per heavy atom. The van der Waals surface area contributed by atoms with E-state index in [-0.39, 0.29) is 36.7 Å². The number of esters is 1. The van der Waals surface area contributed by atoms with E-state index in [1.807, 2.05) is 30.3 Å². The molecule has 0 aromatic heterocycles. The largest absolute Gasteiger partial charge is 0.497 e. The molecule has 2 aromatic carbocycles. The van der Waals surface area contributed by atoms with Crippen molar-refractivity contribution in [1.29, 1.82) is 0 Å². The van der Waals surface area contributed by atoms with Crippen LogP contribution in [-0.4, -0.2) is 63.4 Å². The predicted octanol–water partition coefficient (Wildman–Crippen LogP) is 1.44. The lowest BCUT2D eigenvalue weighted by Gasteiger charge is -2.56. The number of benzene rings is 2. The van der Waals surface area contributed by atoms with E-state index in [0.29, 0.717) is 24.4 Å². The lowest BCUT2D eigenvalue weighted by Crippen LogP contribution is -2.77. The Kier molecular flexibility index (Phi) is 6.08. The van der Waals surface area contributed by atoms with Gasteiger partial charge < -0.3 is 19.5 Å². The molecule has 0 radical (unpaired) electrons. The molecule has 0 unspecified atom stereocenters. The molecule has 6 rings (SSSR count). The van der Waals surface area contributed by atoms with Crippen LogP contribution in [-0.2, 0) is 47.7 Å². The highest BCUT2D eigenvalue weighted by molar-refractivity contribution is 7.87. The minimum Gasteiger partial charge on any atom is -0.497 e. The number of nitrogens with one attached hydrogen (secondary N) is 1. The van der Waals surface area contributed by atoms with E-state index in [0.717, 1.165) is 11.1 Å². The van der Waals surface area contributed by atoms with Gasteiger partial charge in [-0.3, -0.25) is 18.7 Å². The number of nitrogens with zero attached hydrogens (tertiary/aromatic N) is 1. The topological polar surface area (TPSA) is 111 Å². The molecule has 4 aliphatic rings. The zero-order valence-electron chi connectivity index (χ0n) is 20.1. The molecule has 1 saturated carbocycles. The second-order valence-corrected chi connectivity index (χ2v) is 11.2. The van der Waals surface area contributed by atoms with Gasteiger partial charge in [0.05, 0.1) is 35.7 Å². The molecule has 192 valence electrons. The Morgan fingerprint density at radius 1 is 1.11 bits per heavy atom. The van der Waals surface area contributed by atoms with Gasteiger partial charge in [-0.1, -0.05) is 42.5 Å². The van der Waals surface area contributed by atoms with Gasteiger partial charge in [0.15, 0.2) is 0 Å². The van der Waals surface area contributed by atoms with Crippen molar-refractivity contribution in [2.24, 2.45) is 5.92 Å². The van der Waals surface area contributed by atoms with Crippen LogP contribution in [0.15, 0.2) is 65.9 Å². The predicted molar refractivity (Wildman–Crippen MR) is 132 cm³/mol. The summed E-state index contributed by atoms with van der Waals surface area (Å²) in [5.41, 5.74) is 2.41. The first-order valence-corrected chi connectivity index (χ1v) is 13.5. The van der Waals surface area contributed by atoms with Gasteiger partial charge >= 0.3 is 5.97 Å². The summed E-state index contributed by atoms with van der Waals surface area (Å²) in [6.07, 6.45) is 0.546. The van der Waals surface area contributed by atoms with E-state index in [2.05, 4.69) is 5.32 Å². The summed E-state index contributed by atoms with van der Waals surface area (Å²) in [6, 6.07) is 15.3. The fraction of sp³-hybridized carbons (Fsp3) is 0.370. The molecular weight excluding hydrogens is 496 g/mol. The SMILES string of the molecule is COc1ccc(COC(=O)C2=C3[C@H]([C@H]4OCC[C@@H]34)[S@](=O)[C@@H]3[C@H](NC(=O)Cc4ccccc4)C(=O)N23)cc1. The molecule has 3 fully saturated rings. The van der Waals surface area contributed by atoms with E-state index in [1.54, 1.807) is 31.4 Å². The van der Waals surface area contributed by atoms with Crippen molar-refractivity contribution in [3.8, 4) is 5.75 Å². The highest BCUT2D eigenvalue weighted by atomic mass is 32.2. The van der Waals surface area contributed by atoms with Crippen LogP contribution in [0.3, 0.4) is 0 Å². The summed E-state index contributed by atoms with van der Waals surface area (Å²) in [4.78, 5) is 40.6. The lowest BCUT2D eigenvalue weighted by atomic mass is 9.73. The zero-order chi connectivity index (χ0) is 25.7. The molecule has 10 heteroatoms. The molecule has 0 spiro atoms. The summed E-state index contributed by atoms with van der Waals surface area (Å²) >= 11 is 0. The second kappa shape index (κ2) is 9.42. The summed E-state index contributed by atoms with van der Waals surface area (Å²) < 4.78 is 30.2. The van der Waals surface area contributed by atoms with Gasteiger partial charge in [-0.15, -0.1) is 0 Å². The average molecular weight is 523 g/mol. The molecule has 3 aliphatic heterocycles. The van der Waals surface area contributed by atoms with Gasteiger partial charge in [-0.2, -0.15) is 0 Å². The molecule has 2 amide bonds. The fourth-order valence-corrected chi connectivity index (χ4v) is 7.84. The third-order valence-corrected chi connectivity index (χ3v) is 9.41. The molecule has 37 heavy (non-hydrogen) atoms. The van der Waals surface area contributed by atoms with Crippen molar-refractivity contribution in [2.75, 3.05) is 13.7 Å². The van der Waals surface area contributed by atoms with Crippen LogP contribution in [0, 0.1) is 5.92 Å². The van der Waals surface area contributed by atoms with Crippen LogP contribution in [0.4, 0.5) is 0 Å². The first-order valence-electron chi connectivity index (χ1n) is 12.2. The van der Waals surface area contributed by atoms with Crippen molar-refractivity contribution in [1.82, 2.24) is 10.2 Å². The van der Waals surface area contributed by atoms with Crippen molar-refractivity contribution in [3.05, 3.63) is 77.0 Å². The third-order valence-electron chi connectivity index (χ3n) is 7.43. The Balaban J connectivity index is 1.22.